The molecule has 1 amide bonds. The van der Waals surface area contributed by atoms with Gasteiger partial charge in [0.15, 0.2) is 5.78 Å². The van der Waals surface area contributed by atoms with Gasteiger partial charge in [0, 0.05) is 29.4 Å². The Hall–Kier alpha value is -1.88. The van der Waals surface area contributed by atoms with Crippen molar-refractivity contribution in [2.75, 3.05) is 25.9 Å². The molecule has 0 aromatic heterocycles. The van der Waals surface area contributed by atoms with Crippen LogP contribution in [-0.4, -0.2) is 53.7 Å². The Morgan fingerprint density at radius 2 is 1.68 bits per heavy atom. The van der Waals surface area contributed by atoms with Crippen molar-refractivity contribution in [2.24, 2.45) is 0 Å². The summed E-state index contributed by atoms with van der Waals surface area (Å²) in [5.41, 5.74) is 7.61. The monoisotopic (exact) mass is 343 g/mol. The van der Waals surface area contributed by atoms with Crippen LogP contribution in [0.15, 0.2) is 18.2 Å². The van der Waals surface area contributed by atoms with Gasteiger partial charge >= 0.3 is 0 Å². The van der Waals surface area contributed by atoms with Gasteiger partial charge in [-0.3, -0.25) is 14.5 Å². The number of benzene rings is 1. The molecule has 2 aliphatic rings. The van der Waals surface area contributed by atoms with Gasteiger partial charge in [-0.1, -0.05) is 6.42 Å². The third-order valence-electron chi connectivity index (χ3n) is 5.62. The lowest BCUT2D eigenvalue weighted by Gasteiger charge is -2.34. The van der Waals surface area contributed by atoms with Crippen LogP contribution >= 0.6 is 0 Å². The topological polar surface area (TPSA) is 66.6 Å². The number of Topliss-reactive ketones (excluding diaryl/α,β-unsaturated/α-hetero) is 1. The fourth-order valence-corrected chi connectivity index (χ4v) is 4.08. The number of nitrogens with zero attached hydrogens (tertiary/aromatic N) is 2. The van der Waals surface area contributed by atoms with E-state index < -0.39 is 0 Å². The molecular weight excluding hydrogens is 314 g/mol. The van der Waals surface area contributed by atoms with Gasteiger partial charge in [0.05, 0.1) is 6.04 Å². The molecule has 0 aliphatic carbocycles. The van der Waals surface area contributed by atoms with Crippen molar-refractivity contribution in [2.45, 2.75) is 57.5 Å². The summed E-state index contributed by atoms with van der Waals surface area (Å²) in [5, 5.41) is 0. The van der Waals surface area contributed by atoms with E-state index in [2.05, 4.69) is 11.8 Å². The van der Waals surface area contributed by atoms with Crippen molar-refractivity contribution in [3.63, 3.8) is 0 Å². The average molecular weight is 343 g/mol. The van der Waals surface area contributed by atoms with Crippen LogP contribution < -0.4 is 5.73 Å². The number of amides is 1. The molecule has 25 heavy (non-hydrogen) atoms. The molecule has 0 spiro atoms. The maximum atomic E-state index is 13.0. The minimum absolute atomic E-state index is 0.00875. The molecule has 2 atom stereocenters. The van der Waals surface area contributed by atoms with E-state index in [1.165, 1.54) is 6.42 Å². The first kappa shape index (κ1) is 17.9. The van der Waals surface area contributed by atoms with E-state index in [0.717, 1.165) is 45.2 Å². The number of carbonyl (C=O) groups excluding carboxylic acids is 2. The number of nitrogen functional groups attached to an aromatic ring is 1. The summed E-state index contributed by atoms with van der Waals surface area (Å²) >= 11 is 0. The molecular formula is C20H29N3O2. The highest BCUT2D eigenvalue weighted by Gasteiger charge is 2.29. The fourth-order valence-electron chi connectivity index (χ4n) is 4.08. The second-order valence-electron chi connectivity index (χ2n) is 7.54. The number of rotatable bonds is 3. The zero-order valence-electron chi connectivity index (χ0n) is 15.3. The molecule has 2 saturated heterocycles. The number of likely N-dealkylation sites (N-methyl/N-ethyl adjacent to an activating group) is 1. The lowest BCUT2D eigenvalue weighted by Crippen LogP contribution is -2.43. The van der Waals surface area contributed by atoms with Crippen molar-refractivity contribution in [3.05, 3.63) is 29.3 Å². The number of ketones is 1. The highest BCUT2D eigenvalue weighted by atomic mass is 16.2. The van der Waals surface area contributed by atoms with Crippen molar-refractivity contribution in [1.82, 2.24) is 9.80 Å². The summed E-state index contributed by atoms with van der Waals surface area (Å²) in [4.78, 5) is 29.9. The molecule has 136 valence electrons. The summed E-state index contributed by atoms with van der Waals surface area (Å²) in [6.45, 7) is 3.81. The molecule has 2 fully saturated rings. The molecule has 2 heterocycles. The number of hydrogen-bond acceptors (Lipinski definition) is 4. The Morgan fingerprint density at radius 1 is 1.00 bits per heavy atom. The van der Waals surface area contributed by atoms with Gasteiger partial charge in [-0.25, -0.2) is 0 Å². The van der Waals surface area contributed by atoms with Crippen LogP contribution in [0, 0.1) is 0 Å². The molecule has 2 N–H and O–H groups in total. The summed E-state index contributed by atoms with van der Waals surface area (Å²) < 4.78 is 0. The Labute approximate surface area is 150 Å². The van der Waals surface area contributed by atoms with E-state index in [1.54, 1.807) is 18.2 Å². The van der Waals surface area contributed by atoms with E-state index in [0.29, 0.717) is 16.8 Å². The molecule has 5 nitrogen and oxygen atoms in total. The van der Waals surface area contributed by atoms with Crippen LogP contribution in [-0.2, 0) is 0 Å². The third kappa shape index (κ3) is 3.87. The summed E-state index contributed by atoms with van der Waals surface area (Å²) in [7, 11) is 2.00. The molecule has 0 saturated carbocycles. The van der Waals surface area contributed by atoms with Gasteiger partial charge in [0.25, 0.3) is 5.91 Å². The summed E-state index contributed by atoms with van der Waals surface area (Å²) in [5.74, 6) is 0.0702. The zero-order valence-corrected chi connectivity index (χ0v) is 15.3. The maximum Gasteiger partial charge on any atom is 0.254 e. The number of carbonyl (C=O) groups is 2. The average Bonchev–Trinajstić information content (AvgIpc) is 2.61. The van der Waals surface area contributed by atoms with E-state index in [4.69, 9.17) is 5.73 Å². The largest absolute Gasteiger partial charge is 0.399 e. The zero-order chi connectivity index (χ0) is 18.0. The maximum absolute atomic E-state index is 13.0. The van der Waals surface area contributed by atoms with Crippen LogP contribution in [0.4, 0.5) is 5.69 Å². The van der Waals surface area contributed by atoms with E-state index >= 15 is 0 Å². The number of hydrogen-bond donors (Lipinski definition) is 1. The normalized spacial score (nSPS) is 25.0. The lowest BCUT2D eigenvalue weighted by molar-refractivity contribution is 0.0635. The summed E-state index contributed by atoms with van der Waals surface area (Å²) in [6, 6.07) is 5.29. The van der Waals surface area contributed by atoms with Crippen LogP contribution in [0.1, 0.15) is 66.2 Å². The van der Waals surface area contributed by atoms with Gasteiger partial charge in [-0.2, -0.15) is 0 Å². The van der Waals surface area contributed by atoms with Crippen LogP contribution in [0.2, 0.25) is 0 Å². The van der Waals surface area contributed by atoms with Crippen LogP contribution in [0.5, 0.6) is 0 Å². The highest BCUT2D eigenvalue weighted by molar-refractivity contribution is 6.04. The first-order chi connectivity index (χ1) is 12.0. The minimum atomic E-state index is -0.104. The molecule has 1 aromatic carbocycles. The first-order valence-corrected chi connectivity index (χ1v) is 9.43. The van der Waals surface area contributed by atoms with Crippen molar-refractivity contribution in [3.8, 4) is 0 Å². The molecule has 2 aliphatic heterocycles. The number of nitrogens with two attached hydrogens (primary N) is 1. The predicted octanol–water partition coefficient (Wildman–Crippen LogP) is 2.95. The van der Waals surface area contributed by atoms with Gasteiger partial charge in [-0.15, -0.1) is 0 Å². The highest BCUT2D eigenvalue weighted by Crippen LogP contribution is 2.24. The van der Waals surface area contributed by atoms with Gasteiger partial charge < -0.3 is 10.6 Å². The molecule has 1 aromatic rings. The molecule has 3 rings (SSSR count). The fraction of sp³-hybridized carbons (Fsp3) is 0.600. The number of piperidine rings is 2. The quantitative estimate of drug-likeness (QED) is 0.677. The Kier molecular flexibility index (Phi) is 5.42. The molecule has 5 heteroatoms. The van der Waals surface area contributed by atoms with E-state index in [-0.39, 0.29) is 23.8 Å². The molecule has 0 radical (unpaired) electrons. The Morgan fingerprint density at radius 3 is 2.40 bits per heavy atom. The Balaban J connectivity index is 1.85. The predicted molar refractivity (Wildman–Crippen MR) is 99.8 cm³/mol. The third-order valence-corrected chi connectivity index (χ3v) is 5.62. The SMILES string of the molecule is C[C@@H]1CCCCN1C(=O)c1cc(N)cc(C(=O)[C@H]2CCCCN2C)c1. The molecule has 0 bridgehead atoms. The van der Waals surface area contributed by atoms with Crippen LogP contribution in [0.3, 0.4) is 0 Å². The lowest BCUT2D eigenvalue weighted by atomic mass is 9.93. The smallest absolute Gasteiger partial charge is 0.254 e. The second-order valence-corrected chi connectivity index (χ2v) is 7.54. The standard InChI is InChI=1S/C20H29N3O2/c1-14-7-3-6-10-23(14)20(25)16-11-15(12-17(21)13-16)19(24)18-8-4-5-9-22(18)2/h11-14,18H,3-10,21H2,1-2H3/t14-,18-/m1/s1. The van der Waals surface area contributed by atoms with Crippen molar-refractivity contribution < 1.29 is 9.59 Å². The number of anilines is 1. The van der Waals surface area contributed by atoms with E-state index in [9.17, 15) is 9.59 Å². The van der Waals surface area contributed by atoms with Gasteiger partial charge in [0.1, 0.15) is 0 Å². The number of likely N-dealkylation sites (tertiary alicyclic amines) is 2. The van der Waals surface area contributed by atoms with Gasteiger partial charge in [0.2, 0.25) is 0 Å². The second kappa shape index (κ2) is 7.56. The molecule has 0 unspecified atom stereocenters. The van der Waals surface area contributed by atoms with Crippen LogP contribution in [0.25, 0.3) is 0 Å². The van der Waals surface area contributed by atoms with E-state index in [1.807, 2.05) is 11.9 Å². The first-order valence-electron chi connectivity index (χ1n) is 9.43. The minimum Gasteiger partial charge on any atom is -0.399 e. The summed E-state index contributed by atoms with van der Waals surface area (Å²) in [6.07, 6.45) is 6.31. The van der Waals surface area contributed by atoms with Crippen molar-refractivity contribution in [1.29, 1.82) is 0 Å². The van der Waals surface area contributed by atoms with Gasteiger partial charge in [-0.05, 0) is 70.8 Å². The van der Waals surface area contributed by atoms with Crippen molar-refractivity contribution >= 4 is 17.4 Å². The Bertz CT molecular complexity index is 606.